The quantitative estimate of drug-likeness (QED) is 0.472. The van der Waals surface area contributed by atoms with Crippen LogP contribution in [0, 0.1) is 0 Å². The first kappa shape index (κ1) is 23.8. The average molecular weight is 418 g/mol. The second-order valence-corrected chi connectivity index (χ2v) is 5.55. The van der Waals surface area contributed by atoms with Crippen LogP contribution in [0.15, 0.2) is 24.3 Å². The minimum absolute atomic E-state index is 0.471. The van der Waals surface area contributed by atoms with Gasteiger partial charge in [0.1, 0.15) is 6.54 Å². The number of benzene rings is 1. The van der Waals surface area contributed by atoms with Crippen molar-refractivity contribution in [3.63, 3.8) is 0 Å². The summed E-state index contributed by atoms with van der Waals surface area (Å²) in [4.78, 5) is 34.1. The summed E-state index contributed by atoms with van der Waals surface area (Å²) in [5, 5.41) is 3.04. The first-order valence-corrected chi connectivity index (χ1v) is 8.44. The van der Waals surface area contributed by atoms with E-state index in [1.54, 1.807) is 23.5 Å². The van der Waals surface area contributed by atoms with Gasteiger partial charge in [0.05, 0.1) is 13.7 Å². The monoisotopic (exact) mass is 418 g/mol. The van der Waals surface area contributed by atoms with Crippen molar-refractivity contribution in [1.29, 1.82) is 0 Å². The second-order valence-electron chi connectivity index (χ2n) is 5.55. The molecular formula is C18H21F3N2O6. The van der Waals surface area contributed by atoms with E-state index in [0.717, 1.165) is 12.5 Å². The molecule has 8 nitrogen and oxygen atoms in total. The van der Waals surface area contributed by atoms with Crippen LogP contribution < -0.4 is 20.1 Å². The molecule has 0 bridgehead atoms. The molecule has 0 aliphatic heterocycles. The van der Waals surface area contributed by atoms with E-state index in [4.69, 9.17) is 9.47 Å². The Morgan fingerprint density at radius 3 is 2.52 bits per heavy atom. The average Bonchev–Trinajstić information content (AvgIpc) is 2.67. The molecule has 0 aliphatic carbocycles. The molecule has 0 atom stereocenters. The summed E-state index contributed by atoms with van der Waals surface area (Å²) in [5.41, 5.74) is 0.596. The zero-order chi connectivity index (χ0) is 21.9. The number of rotatable bonds is 9. The van der Waals surface area contributed by atoms with Crippen LogP contribution in [0.5, 0.6) is 11.5 Å². The van der Waals surface area contributed by atoms with E-state index >= 15 is 0 Å². The lowest BCUT2D eigenvalue weighted by Gasteiger charge is -2.10. The zero-order valence-corrected chi connectivity index (χ0v) is 15.8. The second kappa shape index (κ2) is 11.6. The van der Waals surface area contributed by atoms with Crippen LogP contribution in [0.3, 0.4) is 0 Å². The van der Waals surface area contributed by atoms with Gasteiger partial charge in [-0.1, -0.05) is 13.0 Å². The van der Waals surface area contributed by atoms with E-state index in [2.05, 4.69) is 4.74 Å². The number of alkyl halides is 3. The Morgan fingerprint density at radius 2 is 1.90 bits per heavy atom. The molecule has 2 N–H and O–H groups in total. The summed E-state index contributed by atoms with van der Waals surface area (Å²) in [7, 11) is 1.47. The molecule has 0 spiro atoms. The number of nitrogens with one attached hydrogen (secondary N) is 2. The minimum Gasteiger partial charge on any atom is -0.493 e. The predicted octanol–water partition coefficient (Wildman–Crippen LogP) is 2.43. The molecule has 1 rings (SSSR count). The summed E-state index contributed by atoms with van der Waals surface area (Å²) < 4.78 is 51.1. The molecule has 0 saturated heterocycles. The van der Waals surface area contributed by atoms with E-state index in [1.165, 1.54) is 18.5 Å². The topological polar surface area (TPSA) is 103 Å². The maximum atomic E-state index is 11.9. The highest BCUT2D eigenvalue weighted by molar-refractivity contribution is 5.96. The lowest BCUT2D eigenvalue weighted by Crippen LogP contribution is -2.44. The fourth-order valence-electron chi connectivity index (χ4n) is 1.86. The maximum Gasteiger partial charge on any atom is 0.405 e. The first-order valence-electron chi connectivity index (χ1n) is 8.44. The third kappa shape index (κ3) is 10.0. The van der Waals surface area contributed by atoms with Crippen molar-refractivity contribution in [2.45, 2.75) is 19.5 Å². The smallest absolute Gasteiger partial charge is 0.405 e. The van der Waals surface area contributed by atoms with Crippen LogP contribution in [0.2, 0.25) is 0 Å². The van der Waals surface area contributed by atoms with Crippen molar-refractivity contribution in [3.8, 4) is 11.5 Å². The number of methoxy groups -OCH3 is 1. The Hall–Kier alpha value is -3.24. The third-order valence-electron chi connectivity index (χ3n) is 3.11. The van der Waals surface area contributed by atoms with Gasteiger partial charge in [-0.3, -0.25) is 10.1 Å². The Kier molecular flexibility index (Phi) is 9.49. The van der Waals surface area contributed by atoms with Crippen molar-refractivity contribution in [2.75, 3.05) is 26.9 Å². The molecule has 0 aromatic heterocycles. The van der Waals surface area contributed by atoms with Crippen LogP contribution in [0.1, 0.15) is 18.9 Å². The maximum absolute atomic E-state index is 11.9. The fraction of sp³-hybridized carbons (Fsp3) is 0.389. The molecule has 0 aliphatic rings. The molecule has 0 saturated carbocycles. The van der Waals surface area contributed by atoms with Crippen molar-refractivity contribution < 1.29 is 41.8 Å². The number of esters is 1. The summed E-state index contributed by atoms with van der Waals surface area (Å²) >= 11 is 0. The van der Waals surface area contributed by atoms with Gasteiger partial charge >= 0.3 is 18.2 Å². The number of imide groups is 1. The number of carbonyl (C=O) groups excluding carboxylic acids is 3. The minimum atomic E-state index is -4.61. The lowest BCUT2D eigenvalue weighted by atomic mass is 10.2. The normalized spacial score (nSPS) is 11.1. The highest BCUT2D eigenvalue weighted by atomic mass is 19.4. The molecule has 160 valence electrons. The predicted molar refractivity (Wildman–Crippen MR) is 96.4 cm³/mol. The van der Waals surface area contributed by atoms with Crippen LogP contribution >= 0.6 is 0 Å². The number of hydrogen-bond acceptors (Lipinski definition) is 6. The van der Waals surface area contributed by atoms with Crippen molar-refractivity contribution in [1.82, 2.24) is 10.6 Å². The molecule has 0 heterocycles. The number of halogens is 3. The summed E-state index contributed by atoms with van der Waals surface area (Å²) in [5.74, 6) is -0.945. The Labute approximate surface area is 165 Å². The van der Waals surface area contributed by atoms with Gasteiger partial charge in [-0.15, -0.1) is 0 Å². The number of ether oxygens (including phenoxy) is 3. The Balaban J connectivity index is 2.48. The molecule has 29 heavy (non-hydrogen) atoms. The number of carbonyl (C=O) groups is 3. The van der Waals surface area contributed by atoms with Crippen molar-refractivity contribution >= 4 is 24.0 Å². The van der Waals surface area contributed by atoms with Gasteiger partial charge in [-0.2, -0.15) is 13.2 Å². The van der Waals surface area contributed by atoms with E-state index in [0.29, 0.717) is 23.7 Å². The van der Waals surface area contributed by atoms with Crippen LogP contribution in [-0.2, 0) is 14.3 Å². The number of hydrogen-bond donors (Lipinski definition) is 2. The Morgan fingerprint density at radius 1 is 1.17 bits per heavy atom. The fourth-order valence-corrected chi connectivity index (χ4v) is 1.86. The summed E-state index contributed by atoms with van der Waals surface area (Å²) in [6, 6.07) is 3.63. The number of amides is 3. The van der Waals surface area contributed by atoms with E-state index in [-0.39, 0.29) is 0 Å². The number of urea groups is 1. The van der Waals surface area contributed by atoms with E-state index < -0.39 is 37.2 Å². The van der Waals surface area contributed by atoms with Crippen LogP contribution in [0.4, 0.5) is 18.0 Å². The molecule has 1 aromatic carbocycles. The first-order chi connectivity index (χ1) is 13.6. The largest absolute Gasteiger partial charge is 0.493 e. The van der Waals surface area contributed by atoms with Gasteiger partial charge in [0.15, 0.2) is 18.1 Å². The molecule has 0 radical (unpaired) electrons. The van der Waals surface area contributed by atoms with Crippen molar-refractivity contribution in [3.05, 3.63) is 29.8 Å². The molecule has 11 heteroatoms. The highest BCUT2D eigenvalue weighted by Gasteiger charge is 2.28. The molecule has 0 unspecified atom stereocenters. The standard InChI is InChI=1S/C18H21F3N2O6/c1-3-8-28-13-6-4-12(9-14(13)27-2)5-7-16(25)29-10-15(24)23-17(26)22-11-18(19,20)21/h4-7,9H,3,8,10-11H2,1-2H3,(H2,22,23,24,26)/b7-5+. The molecule has 0 fully saturated rings. The van der Waals surface area contributed by atoms with Gasteiger partial charge in [0.25, 0.3) is 5.91 Å². The van der Waals surface area contributed by atoms with Gasteiger partial charge in [-0.05, 0) is 30.2 Å². The molecule has 3 amide bonds. The van der Waals surface area contributed by atoms with Crippen LogP contribution in [-0.4, -0.2) is 51.0 Å². The van der Waals surface area contributed by atoms with Gasteiger partial charge in [0, 0.05) is 6.08 Å². The Bertz CT molecular complexity index is 750. The lowest BCUT2D eigenvalue weighted by molar-refractivity contribution is -0.143. The van der Waals surface area contributed by atoms with Gasteiger partial charge in [0.2, 0.25) is 0 Å². The molecule has 1 aromatic rings. The van der Waals surface area contributed by atoms with Gasteiger partial charge < -0.3 is 19.5 Å². The SMILES string of the molecule is CCCOc1ccc(/C=C/C(=O)OCC(=O)NC(=O)NCC(F)(F)F)cc1OC. The van der Waals surface area contributed by atoms with E-state index in [9.17, 15) is 27.6 Å². The summed E-state index contributed by atoms with van der Waals surface area (Å²) in [6.07, 6.45) is -1.34. The zero-order valence-electron chi connectivity index (χ0n) is 15.8. The summed E-state index contributed by atoms with van der Waals surface area (Å²) in [6.45, 7) is 0.0503. The van der Waals surface area contributed by atoms with Crippen molar-refractivity contribution in [2.24, 2.45) is 0 Å². The van der Waals surface area contributed by atoms with E-state index in [1.807, 2.05) is 6.92 Å². The highest BCUT2D eigenvalue weighted by Crippen LogP contribution is 2.28. The third-order valence-corrected chi connectivity index (χ3v) is 3.11. The van der Waals surface area contributed by atoms with Crippen LogP contribution in [0.25, 0.3) is 6.08 Å². The van der Waals surface area contributed by atoms with Gasteiger partial charge in [-0.25, -0.2) is 9.59 Å². The molecular weight excluding hydrogens is 397 g/mol.